The molecule has 4 heteroatoms. The molecule has 1 fully saturated rings. The molecule has 3 rings (SSSR count). The fourth-order valence-corrected chi connectivity index (χ4v) is 2.56. The van der Waals surface area contributed by atoms with E-state index in [9.17, 15) is 0 Å². The Labute approximate surface area is 107 Å². The van der Waals surface area contributed by atoms with E-state index in [1.165, 1.54) is 37.1 Å². The number of nitrogens with zero attached hydrogens (tertiary/aromatic N) is 3. The van der Waals surface area contributed by atoms with Crippen LogP contribution in [0.25, 0.3) is 11.3 Å². The van der Waals surface area contributed by atoms with Gasteiger partial charge in [-0.1, -0.05) is 0 Å². The zero-order valence-electron chi connectivity index (χ0n) is 10.4. The van der Waals surface area contributed by atoms with Gasteiger partial charge in [-0.15, -0.1) is 0 Å². The van der Waals surface area contributed by atoms with E-state index in [0.29, 0.717) is 6.04 Å². The van der Waals surface area contributed by atoms with E-state index in [-0.39, 0.29) is 0 Å². The van der Waals surface area contributed by atoms with Crippen LogP contribution in [0.15, 0.2) is 37.1 Å². The van der Waals surface area contributed by atoms with Crippen molar-refractivity contribution in [3.63, 3.8) is 0 Å². The summed E-state index contributed by atoms with van der Waals surface area (Å²) in [5.74, 6) is 0. The molecule has 94 valence electrons. The van der Waals surface area contributed by atoms with Gasteiger partial charge in [0.1, 0.15) is 0 Å². The summed E-state index contributed by atoms with van der Waals surface area (Å²) in [6, 6.07) is 4.74. The molecule has 0 aliphatic carbocycles. The summed E-state index contributed by atoms with van der Waals surface area (Å²) in [6.07, 6.45) is 11.3. The van der Waals surface area contributed by atoms with Crippen LogP contribution in [0.2, 0.25) is 0 Å². The van der Waals surface area contributed by atoms with E-state index in [0.717, 1.165) is 6.54 Å². The highest BCUT2D eigenvalue weighted by atomic mass is 15.1. The third-order valence-corrected chi connectivity index (χ3v) is 3.57. The Kier molecular flexibility index (Phi) is 3.37. The molecular formula is C14H18N4. The molecule has 3 heterocycles. The molecule has 1 aliphatic rings. The molecule has 0 spiro atoms. The van der Waals surface area contributed by atoms with Crippen LogP contribution in [-0.2, 0) is 6.54 Å². The second-order valence-corrected chi connectivity index (χ2v) is 4.79. The quantitative estimate of drug-likeness (QED) is 0.892. The van der Waals surface area contributed by atoms with Crippen molar-refractivity contribution in [2.24, 2.45) is 0 Å². The Balaban J connectivity index is 1.71. The number of aryl methyl sites for hydroxylation is 1. The van der Waals surface area contributed by atoms with Crippen LogP contribution in [0.5, 0.6) is 0 Å². The van der Waals surface area contributed by atoms with E-state index in [2.05, 4.69) is 19.9 Å². The normalized spacial score (nSPS) is 19.2. The van der Waals surface area contributed by atoms with Crippen molar-refractivity contribution in [3.05, 3.63) is 37.1 Å². The van der Waals surface area contributed by atoms with Gasteiger partial charge >= 0.3 is 0 Å². The SMILES string of the molecule is c1cc(-c2cncn2CCC2CCCN2)ccn1. The molecule has 1 saturated heterocycles. The molecular weight excluding hydrogens is 224 g/mol. The number of nitrogens with one attached hydrogen (secondary N) is 1. The topological polar surface area (TPSA) is 42.7 Å². The Hall–Kier alpha value is -1.68. The van der Waals surface area contributed by atoms with Crippen molar-refractivity contribution < 1.29 is 0 Å². The van der Waals surface area contributed by atoms with Gasteiger partial charge in [0.2, 0.25) is 0 Å². The van der Waals surface area contributed by atoms with Gasteiger partial charge in [-0.2, -0.15) is 0 Å². The summed E-state index contributed by atoms with van der Waals surface area (Å²) >= 11 is 0. The Morgan fingerprint density at radius 3 is 2.94 bits per heavy atom. The summed E-state index contributed by atoms with van der Waals surface area (Å²) in [7, 11) is 0. The summed E-state index contributed by atoms with van der Waals surface area (Å²) in [5.41, 5.74) is 2.36. The molecule has 0 bridgehead atoms. The van der Waals surface area contributed by atoms with Crippen molar-refractivity contribution >= 4 is 0 Å². The van der Waals surface area contributed by atoms with Crippen LogP contribution < -0.4 is 5.32 Å². The molecule has 2 aromatic rings. The van der Waals surface area contributed by atoms with Gasteiger partial charge in [0.25, 0.3) is 0 Å². The molecule has 0 amide bonds. The number of imidazole rings is 1. The Morgan fingerprint density at radius 2 is 2.17 bits per heavy atom. The van der Waals surface area contributed by atoms with Crippen LogP contribution in [0.3, 0.4) is 0 Å². The van der Waals surface area contributed by atoms with Crippen LogP contribution in [0.1, 0.15) is 19.3 Å². The second-order valence-electron chi connectivity index (χ2n) is 4.79. The highest BCUT2D eigenvalue weighted by molar-refractivity contribution is 5.57. The third kappa shape index (κ3) is 2.43. The first-order chi connectivity index (χ1) is 8.93. The molecule has 4 nitrogen and oxygen atoms in total. The van der Waals surface area contributed by atoms with Crippen LogP contribution in [0.4, 0.5) is 0 Å². The van der Waals surface area contributed by atoms with Crippen molar-refractivity contribution in [1.82, 2.24) is 19.9 Å². The lowest BCUT2D eigenvalue weighted by Crippen LogP contribution is -2.22. The first-order valence-corrected chi connectivity index (χ1v) is 6.57. The highest BCUT2D eigenvalue weighted by Crippen LogP contribution is 2.19. The van der Waals surface area contributed by atoms with Crippen LogP contribution in [-0.4, -0.2) is 27.1 Å². The van der Waals surface area contributed by atoms with Crippen molar-refractivity contribution in [2.75, 3.05) is 6.54 Å². The maximum Gasteiger partial charge on any atom is 0.0950 e. The summed E-state index contributed by atoms with van der Waals surface area (Å²) in [5, 5.41) is 3.53. The predicted octanol–water partition coefficient (Wildman–Crippen LogP) is 2.09. The molecule has 0 radical (unpaired) electrons. The first-order valence-electron chi connectivity index (χ1n) is 6.57. The number of hydrogen-bond donors (Lipinski definition) is 1. The van der Waals surface area contributed by atoms with Gasteiger partial charge in [0, 0.05) is 30.5 Å². The van der Waals surface area contributed by atoms with Gasteiger partial charge < -0.3 is 9.88 Å². The number of rotatable bonds is 4. The van der Waals surface area contributed by atoms with Gasteiger partial charge in [0.15, 0.2) is 0 Å². The summed E-state index contributed by atoms with van der Waals surface area (Å²) in [6.45, 7) is 2.20. The van der Waals surface area contributed by atoms with E-state index in [1.54, 1.807) is 0 Å². The fourth-order valence-electron chi connectivity index (χ4n) is 2.56. The molecule has 1 N–H and O–H groups in total. The fraction of sp³-hybridized carbons (Fsp3) is 0.429. The summed E-state index contributed by atoms with van der Waals surface area (Å²) in [4.78, 5) is 8.32. The van der Waals surface area contributed by atoms with Crippen molar-refractivity contribution in [2.45, 2.75) is 31.8 Å². The molecule has 1 aliphatic heterocycles. The number of aromatic nitrogens is 3. The van der Waals surface area contributed by atoms with Gasteiger partial charge in [-0.05, 0) is 37.9 Å². The lowest BCUT2D eigenvalue weighted by molar-refractivity contribution is 0.507. The number of pyridine rings is 1. The second kappa shape index (κ2) is 5.31. The van der Waals surface area contributed by atoms with Crippen molar-refractivity contribution in [1.29, 1.82) is 0 Å². The number of hydrogen-bond acceptors (Lipinski definition) is 3. The molecule has 0 saturated carbocycles. The van der Waals surface area contributed by atoms with Crippen molar-refractivity contribution in [3.8, 4) is 11.3 Å². The average molecular weight is 242 g/mol. The maximum atomic E-state index is 4.27. The molecule has 0 aromatic carbocycles. The molecule has 18 heavy (non-hydrogen) atoms. The van der Waals surface area contributed by atoms with Gasteiger partial charge in [0.05, 0.1) is 18.2 Å². The first kappa shape index (κ1) is 11.4. The van der Waals surface area contributed by atoms with Crippen LogP contribution >= 0.6 is 0 Å². The third-order valence-electron chi connectivity index (χ3n) is 3.57. The minimum atomic E-state index is 0.678. The standard InChI is InChI=1S/C14H18N4/c1-2-13(17-6-1)5-9-18-11-16-10-14(18)12-3-7-15-8-4-12/h3-4,7-8,10-11,13,17H,1-2,5-6,9H2. The minimum Gasteiger partial charge on any atom is -0.331 e. The van der Waals surface area contributed by atoms with Crippen LogP contribution in [0, 0.1) is 0 Å². The summed E-state index contributed by atoms with van der Waals surface area (Å²) < 4.78 is 2.23. The molecule has 2 aromatic heterocycles. The lowest BCUT2D eigenvalue weighted by atomic mass is 10.1. The zero-order valence-corrected chi connectivity index (χ0v) is 10.4. The largest absolute Gasteiger partial charge is 0.331 e. The zero-order chi connectivity index (χ0) is 12.2. The Morgan fingerprint density at radius 1 is 1.28 bits per heavy atom. The van der Waals surface area contributed by atoms with Gasteiger partial charge in [-0.3, -0.25) is 4.98 Å². The predicted molar refractivity (Wildman–Crippen MR) is 71.1 cm³/mol. The minimum absolute atomic E-state index is 0.678. The molecule has 1 atom stereocenters. The monoisotopic (exact) mass is 242 g/mol. The van der Waals surface area contributed by atoms with E-state index >= 15 is 0 Å². The average Bonchev–Trinajstić information content (AvgIpc) is 3.09. The van der Waals surface area contributed by atoms with E-state index in [4.69, 9.17) is 0 Å². The van der Waals surface area contributed by atoms with E-state index in [1.807, 2.05) is 37.1 Å². The smallest absolute Gasteiger partial charge is 0.0950 e. The highest BCUT2D eigenvalue weighted by Gasteiger charge is 2.14. The van der Waals surface area contributed by atoms with Gasteiger partial charge in [-0.25, -0.2) is 4.98 Å². The Bertz CT molecular complexity index is 486. The van der Waals surface area contributed by atoms with E-state index < -0.39 is 0 Å². The molecule has 1 unspecified atom stereocenters. The maximum absolute atomic E-state index is 4.27. The lowest BCUT2D eigenvalue weighted by Gasteiger charge is -2.12.